The molecular weight excluding hydrogens is 431 g/mol. The second-order valence-electron chi connectivity index (χ2n) is 8.56. The van der Waals surface area contributed by atoms with Crippen LogP contribution in [0.1, 0.15) is 55.6 Å². The van der Waals surface area contributed by atoms with Gasteiger partial charge in [0.15, 0.2) is 5.65 Å². The molecule has 0 aliphatic rings. The van der Waals surface area contributed by atoms with E-state index in [9.17, 15) is 18.0 Å². The van der Waals surface area contributed by atoms with Crippen LogP contribution >= 0.6 is 0 Å². The minimum absolute atomic E-state index is 0.0325. The number of amides is 1. The van der Waals surface area contributed by atoms with Crippen molar-refractivity contribution in [3.05, 3.63) is 47.7 Å². The van der Waals surface area contributed by atoms with Gasteiger partial charge >= 0.3 is 6.18 Å². The molecule has 0 unspecified atom stereocenters. The van der Waals surface area contributed by atoms with Crippen molar-refractivity contribution in [3.63, 3.8) is 0 Å². The normalized spacial score (nSPS) is 12.2. The van der Waals surface area contributed by atoms with E-state index < -0.39 is 18.6 Å². The molecule has 0 bridgehead atoms. The van der Waals surface area contributed by atoms with E-state index in [0.717, 1.165) is 37.1 Å². The van der Waals surface area contributed by atoms with Crippen molar-refractivity contribution in [2.24, 2.45) is 0 Å². The monoisotopic (exact) mass is 461 g/mol. The number of nitrogens with zero attached hydrogens (tertiary/aromatic N) is 4. The van der Waals surface area contributed by atoms with Crippen LogP contribution in [0.25, 0.3) is 22.3 Å². The molecule has 6 nitrogen and oxygen atoms in total. The average molecular weight is 462 g/mol. The van der Waals surface area contributed by atoms with E-state index in [1.165, 1.54) is 6.20 Å². The van der Waals surface area contributed by atoms with Crippen molar-refractivity contribution < 1.29 is 18.0 Å². The molecule has 33 heavy (non-hydrogen) atoms. The number of pyridine rings is 1. The largest absolute Gasteiger partial charge is 0.405 e. The molecule has 0 atom stereocenters. The maximum absolute atomic E-state index is 12.7. The molecule has 0 fully saturated rings. The highest BCUT2D eigenvalue weighted by atomic mass is 19.4. The first kappa shape index (κ1) is 24.7. The maximum Gasteiger partial charge on any atom is 0.405 e. The van der Waals surface area contributed by atoms with Gasteiger partial charge in [-0.15, -0.1) is 0 Å². The van der Waals surface area contributed by atoms with Crippen molar-refractivity contribution >= 4 is 16.9 Å². The number of carbonyl (C=O) groups excluding carboxylic acids is 1. The molecular formula is C24H30F3N5O. The molecule has 0 saturated carbocycles. The smallest absolute Gasteiger partial charge is 0.343 e. The molecule has 3 rings (SSSR count). The fourth-order valence-electron chi connectivity index (χ4n) is 3.66. The Morgan fingerprint density at radius 3 is 2.67 bits per heavy atom. The van der Waals surface area contributed by atoms with Gasteiger partial charge in [0.2, 0.25) is 0 Å². The first-order chi connectivity index (χ1) is 15.6. The molecule has 0 spiro atoms. The Bertz CT molecular complexity index is 1110. The van der Waals surface area contributed by atoms with Crippen LogP contribution in [-0.4, -0.2) is 51.9 Å². The van der Waals surface area contributed by atoms with Gasteiger partial charge in [-0.05, 0) is 51.6 Å². The van der Waals surface area contributed by atoms with Gasteiger partial charge in [0.1, 0.15) is 6.54 Å². The van der Waals surface area contributed by atoms with Crippen molar-refractivity contribution in [1.29, 1.82) is 0 Å². The Hall–Kier alpha value is -2.94. The fraction of sp³-hybridized carbons (Fsp3) is 0.458. The van der Waals surface area contributed by atoms with E-state index in [1.807, 2.05) is 43.4 Å². The molecule has 0 aliphatic carbocycles. The number of hydrogen-bond acceptors (Lipinski definition) is 4. The molecule has 2 aromatic heterocycles. The number of unbranched alkanes of at least 4 members (excludes halogenated alkanes) is 1. The van der Waals surface area contributed by atoms with Crippen LogP contribution in [0.2, 0.25) is 0 Å². The van der Waals surface area contributed by atoms with Crippen molar-refractivity contribution in [3.8, 4) is 11.3 Å². The molecule has 0 saturated heterocycles. The minimum atomic E-state index is -4.50. The molecule has 3 aromatic rings. The summed E-state index contributed by atoms with van der Waals surface area (Å²) >= 11 is 0. The Labute approximate surface area is 191 Å². The Morgan fingerprint density at radius 2 is 2.00 bits per heavy atom. The summed E-state index contributed by atoms with van der Waals surface area (Å²) in [7, 11) is 2.07. The summed E-state index contributed by atoms with van der Waals surface area (Å²) in [6.07, 6.45) is -0.778. The maximum atomic E-state index is 12.7. The highest BCUT2D eigenvalue weighted by Gasteiger charge is 2.29. The van der Waals surface area contributed by atoms with Crippen LogP contribution in [0.5, 0.6) is 0 Å². The molecule has 0 radical (unpaired) electrons. The minimum Gasteiger partial charge on any atom is -0.343 e. The first-order valence-corrected chi connectivity index (χ1v) is 11.1. The average Bonchev–Trinajstić information content (AvgIpc) is 3.19. The van der Waals surface area contributed by atoms with Crippen molar-refractivity contribution in [1.82, 2.24) is 25.0 Å². The molecule has 1 amide bonds. The SMILES string of the molecule is CCCCN(C)Cc1cccc(-c2cc(C(=O)NCC(F)(F)F)c3cnn(C(C)C)c3n2)c1. The van der Waals surface area contributed by atoms with E-state index in [4.69, 9.17) is 4.98 Å². The number of aromatic nitrogens is 3. The number of carbonyl (C=O) groups is 1. The summed E-state index contributed by atoms with van der Waals surface area (Å²) in [6, 6.07) is 9.35. The zero-order valence-corrected chi connectivity index (χ0v) is 19.4. The van der Waals surface area contributed by atoms with E-state index in [-0.39, 0.29) is 11.6 Å². The lowest BCUT2D eigenvalue weighted by atomic mass is 10.0. The third kappa shape index (κ3) is 6.31. The number of alkyl halides is 3. The highest BCUT2D eigenvalue weighted by molar-refractivity contribution is 6.06. The zero-order valence-electron chi connectivity index (χ0n) is 19.4. The van der Waals surface area contributed by atoms with Gasteiger partial charge in [-0.2, -0.15) is 18.3 Å². The topological polar surface area (TPSA) is 63.1 Å². The molecule has 178 valence electrons. The van der Waals surface area contributed by atoms with Gasteiger partial charge in [-0.25, -0.2) is 9.67 Å². The highest BCUT2D eigenvalue weighted by Crippen LogP contribution is 2.27. The van der Waals surface area contributed by atoms with Gasteiger partial charge in [0, 0.05) is 18.2 Å². The number of nitrogens with one attached hydrogen (secondary N) is 1. The van der Waals surface area contributed by atoms with E-state index >= 15 is 0 Å². The van der Waals surface area contributed by atoms with Gasteiger partial charge in [-0.3, -0.25) is 4.79 Å². The van der Waals surface area contributed by atoms with Gasteiger partial charge < -0.3 is 10.2 Å². The fourth-order valence-corrected chi connectivity index (χ4v) is 3.66. The van der Waals surface area contributed by atoms with Crippen LogP contribution in [0, 0.1) is 0 Å². The lowest BCUT2D eigenvalue weighted by Crippen LogP contribution is -2.33. The van der Waals surface area contributed by atoms with Crippen molar-refractivity contribution in [2.75, 3.05) is 20.1 Å². The summed E-state index contributed by atoms with van der Waals surface area (Å²) in [5.41, 5.74) is 2.98. The predicted octanol–water partition coefficient (Wildman–Crippen LogP) is 5.20. The molecule has 2 heterocycles. The van der Waals surface area contributed by atoms with Gasteiger partial charge in [0.05, 0.1) is 22.8 Å². The van der Waals surface area contributed by atoms with E-state index in [1.54, 1.807) is 10.7 Å². The summed E-state index contributed by atoms with van der Waals surface area (Å²) in [5.74, 6) is -0.806. The van der Waals surface area contributed by atoms with Crippen LogP contribution in [-0.2, 0) is 6.54 Å². The Balaban J connectivity index is 2.02. The van der Waals surface area contributed by atoms with Crippen molar-refractivity contribution in [2.45, 2.75) is 52.4 Å². The number of rotatable bonds is 9. The zero-order chi connectivity index (χ0) is 24.2. The second kappa shape index (κ2) is 10.3. The van der Waals surface area contributed by atoms with Gasteiger partial charge in [0.25, 0.3) is 5.91 Å². The third-order valence-corrected chi connectivity index (χ3v) is 5.32. The number of benzene rings is 1. The Kier molecular flexibility index (Phi) is 7.73. The summed E-state index contributed by atoms with van der Waals surface area (Å²) in [4.78, 5) is 19.7. The van der Waals surface area contributed by atoms with Crippen LogP contribution in [0.3, 0.4) is 0 Å². The number of fused-ring (bicyclic) bond motifs is 1. The van der Waals surface area contributed by atoms with Gasteiger partial charge in [-0.1, -0.05) is 31.5 Å². The quantitative estimate of drug-likeness (QED) is 0.476. The second-order valence-corrected chi connectivity index (χ2v) is 8.56. The lowest BCUT2D eigenvalue weighted by Gasteiger charge is -2.17. The lowest BCUT2D eigenvalue weighted by molar-refractivity contribution is -0.123. The van der Waals surface area contributed by atoms with Crippen LogP contribution in [0.15, 0.2) is 36.5 Å². The van der Waals surface area contributed by atoms with E-state index in [0.29, 0.717) is 16.7 Å². The van der Waals surface area contributed by atoms with Crippen LogP contribution in [0.4, 0.5) is 13.2 Å². The molecule has 0 aliphatic heterocycles. The predicted molar refractivity (Wildman–Crippen MR) is 123 cm³/mol. The summed E-state index contributed by atoms with van der Waals surface area (Å²) < 4.78 is 39.7. The van der Waals surface area contributed by atoms with Crippen LogP contribution < -0.4 is 5.32 Å². The number of hydrogen-bond donors (Lipinski definition) is 1. The molecule has 1 N–H and O–H groups in total. The third-order valence-electron chi connectivity index (χ3n) is 5.32. The molecule has 9 heteroatoms. The standard InChI is InChI=1S/C24H30F3N5O/c1-5-6-10-31(4)14-17-8-7-9-18(11-17)21-12-19(23(33)28-15-24(25,26)27)20-13-29-32(16(2)3)22(20)30-21/h7-9,11-13,16H,5-6,10,14-15H2,1-4H3,(H,28,33). The summed E-state index contributed by atoms with van der Waals surface area (Å²) in [6.45, 7) is 6.36. The number of halogens is 3. The Morgan fingerprint density at radius 1 is 1.24 bits per heavy atom. The summed E-state index contributed by atoms with van der Waals surface area (Å²) in [5, 5.41) is 6.70. The van der Waals surface area contributed by atoms with E-state index in [2.05, 4.69) is 24.0 Å². The first-order valence-electron chi connectivity index (χ1n) is 11.1. The molecule has 1 aromatic carbocycles.